The molecule has 0 saturated carbocycles. The van der Waals surface area contributed by atoms with E-state index in [9.17, 15) is 13.5 Å². The van der Waals surface area contributed by atoms with Crippen molar-refractivity contribution in [2.45, 2.75) is 37.5 Å². The lowest BCUT2D eigenvalue weighted by Crippen LogP contribution is -2.19. The molecule has 6 heteroatoms. The molecular formula is C25H28O5S. The average molecular weight is 441 g/mol. The topological polar surface area (TPSA) is 72.8 Å². The van der Waals surface area contributed by atoms with Crippen molar-refractivity contribution in [1.82, 2.24) is 0 Å². The largest absolute Gasteiger partial charge is 0.507 e. The summed E-state index contributed by atoms with van der Waals surface area (Å²) in [6.45, 7) is 2.58. The molecule has 164 valence electrons. The second kappa shape index (κ2) is 9.28. The van der Waals surface area contributed by atoms with Crippen LogP contribution in [0.4, 0.5) is 0 Å². The number of ether oxygens (including phenoxy) is 2. The number of rotatable bonds is 8. The van der Waals surface area contributed by atoms with Crippen molar-refractivity contribution in [2.75, 3.05) is 19.0 Å². The van der Waals surface area contributed by atoms with E-state index in [0.717, 1.165) is 35.3 Å². The monoisotopic (exact) mass is 440 g/mol. The average Bonchev–Trinajstić information content (AvgIpc) is 3.31. The van der Waals surface area contributed by atoms with E-state index in [4.69, 9.17) is 9.47 Å². The highest BCUT2D eigenvalue weighted by molar-refractivity contribution is 7.92. The molecule has 1 fully saturated rings. The first-order valence-corrected chi connectivity index (χ1v) is 12.4. The van der Waals surface area contributed by atoms with Gasteiger partial charge in [0.2, 0.25) is 0 Å². The third-order valence-corrected chi connectivity index (χ3v) is 8.00. The zero-order valence-electron chi connectivity index (χ0n) is 17.7. The fourth-order valence-electron chi connectivity index (χ4n) is 4.32. The lowest BCUT2D eigenvalue weighted by atomic mass is 9.96. The van der Waals surface area contributed by atoms with E-state index >= 15 is 0 Å². The van der Waals surface area contributed by atoms with Crippen LogP contribution in [0.25, 0.3) is 6.08 Å². The number of fused-ring (bicyclic) bond motifs is 1. The quantitative estimate of drug-likeness (QED) is 0.610. The standard InChI is InChI=1S/C25H28O5S/c1-2-18(14-19-8-6-7-11-22(19)26)12-13-23-25-20(15-29-21-9-4-3-5-10-21)17-31(27,28)24(25)16-30-23/h3-11,14,23-24,26H,2,12-13,15-17H2,1H3/b18-14+/t23-,24+/m1/s1. The Labute approximate surface area is 183 Å². The van der Waals surface area contributed by atoms with Gasteiger partial charge in [0.15, 0.2) is 9.84 Å². The van der Waals surface area contributed by atoms with Gasteiger partial charge in [-0.3, -0.25) is 0 Å². The summed E-state index contributed by atoms with van der Waals surface area (Å²) >= 11 is 0. The molecule has 2 aromatic carbocycles. The summed E-state index contributed by atoms with van der Waals surface area (Å²) in [4.78, 5) is 0. The van der Waals surface area contributed by atoms with Crippen LogP contribution < -0.4 is 4.74 Å². The zero-order chi connectivity index (χ0) is 21.8. The molecule has 2 aromatic rings. The van der Waals surface area contributed by atoms with Gasteiger partial charge in [0.25, 0.3) is 0 Å². The molecule has 0 bridgehead atoms. The lowest BCUT2D eigenvalue weighted by Gasteiger charge is -2.15. The molecule has 0 amide bonds. The molecule has 0 unspecified atom stereocenters. The number of sulfone groups is 1. The normalized spacial score (nSPS) is 22.5. The van der Waals surface area contributed by atoms with Crippen molar-refractivity contribution in [3.05, 3.63) is 76.9 Å². The second-order valence-electron chi connectivity index (χ2n) is 8.03. The fourth-order valence-corrected chi connectivity index (χ4v) is 6.25. The number of para-hydroxylation sites is 2. The summed E-state index contributed by atoms with van der Waals surface area (Å²) in [5.74, 6) is 1.04. The fraction of sp³-hybridized carbons (Fsp3) is 0.360. The number of phenolic OH excluding ortho intramolecular Hbond substituents is 1. The third-order valence-electron chi connectivity index (χ3n) is 5.99. The van der Waals surface area contributed by atoms with E-state index in [1.165, 1.54) is 5.57 Å². The number of hydrogen-bond acceptors (Lipinski definition) is 5. The first kappa shape index (κ1) is 21.7. The molecule has 2 atom stereocenters. The van der Waals surface area contributed by atoms with E-state index in [2.05, 4.69) is 6.92 Å². The van der Waals surface area contributed by atoms with Crippen molar-refractivity contribution in [1.29, 1.82) is 0 Å². The minimum atomic E-state index is -3.24. The minimum absolute atomic E-state index is 0.0497. The molecule has 1 N–H and O–H groups in total. The van der Waals surface area contributed by atoms with E-state index in [1.807, 2.05) is 48.5 Å². The molecule has 0 aliphatic carbocycles. The number of phenols is 1. The van der Waals surface area contributed by atoms with Crippen LogP contribution in [-0.4, -0.2) is 43.8 Å². The van der Waals surface area contributed by atoms with E-state index in [0.29, 0.717) is 6.42 Å². The molecule has 0 aromatic heterocycles. The minimum Gasteiger partial charge on any atom is -0.507 e. The first-order valence-electron chi connectivity index (χ1n) is 10.7. The highest BCUT2D eigenvalue weighted by atomic mass is 32.2. The van der Waals surface area contributed by atoms with Crippen molar-refractivity contribution >= 4 is 15.9 Å². The maximum absolute atomic E-state index is 12.7. The molecule has 4 rings (SSSR count). The maximum atomic E-state index is 12.7. The predicted octanol–water partition coefficient (Wildman–Crippen LogP) is 4.54. The first-order chi connectivity index (χ1) is 15.0. The Kier molecular flexibility index (Phi) is 6.49. The van der Waals surface area contributed by atoms with Gasteiger partial charge in [-0.25, -0.2) is 8.42 Å². The van der Waals surface area contributed by atoms with Gasteiger partial charge in [-0.05, 0) is 48.6 Å². The molecule has 5 nitrogen and oxygen atoms in total. The Morgan fingerprint density at radius 1 is 1.16 bits per heavy atom. The van der Waals surface area contributed by atoms with Crippen molar-refractivity contribution in [3.63, 3.8) is 0 Å². The summed E-state index contributed by atoms with van der Waals surface area (Å²) < 4.78 is 37.1. The molecule has 1 saturated heterocycles. The van der Waals surface area contributed by atoms with Gasteiger partial charge in [-0.2, -0.15) is 0 Å². The molecular weight excluding hydrogens is 412 g/mol. The van der Waals surface area contributed by atoms with Crippen LogP contribution in [0.3, 0.4) is 0 Å². The SMILES string of the molecule is CC/C(=C\c1ccccc1O)CC[C@H]1OC[C@H]2C1=C(COc1ccccc1)CS2(=O)=O. The number of aromatic hydroxyl groups is 1. The Bertz CT molecular complexity index is 1090. The second-order valence-corrected chi connectivity index (χ2v) is 10.2. The van der Waals surface area contributed by atoms with E-state index in [-0.39, 0.29) is 30.8 Å². The summed E-state index contributed by atoms with van der Waals surface area (Å²) in [6.07, 6.45) is 4.14. The van der Waals surface area contributed by atoms with Crippen LogP contribution in [0.15, 0.2) is 71.3 Å². The van der Waals surface area contributed by atoms with Crippen LogP contribution in [0.5, 0.6) is 11.5 Å². The smallest absolute Gasteiger partial charge is 0.163 e. The summed E-state index contributed by atoms with van der Waals surface area (Å²) in [7, 11) is -3.24. The highest BCUT2D eigenvalue weighted by Crippen LogP contribution is 2.39. The van der Waals surface area contributed by atoms with Gasteiger partial charge in [-0.15, -0.1) is 0 Å². The summed E-state index contributed by atoms with van der Waals surface area (Å²) in [5.41, 5.74) is 3.72. The van der Waals surface area contributed by atoms with Gasteiger partial charge >= 0.3 is 0 Å². The number of allylic oxidation sites excluding steroid dienone is 1. The number of hydrogen-bond donors (Lipinski definition) is 1. The zero-order valence-corrected chi connectivity index (χ0v) is 18.5. The van der Waals surface area contributed by atoms with Gasteiger partial charge in [-0.1, -0.05) is 55.0 Å². The number of benzene rings is 2. The van der Waals surface area contributed by atoms with Crippen molar-refractivity contribution < 1.29 is 23.0 Å². The molecule has 2 aliphatic rings. The summed E-state index contributed by atoms with van der Waals surface area (Å²) in [6, 6.07) is 16.7. The molecule has 0 spiro atoms. The van der Waals surface area contributed by atoms with Gasteiger partial charge < -0.3 is 14.6 Å². The maximum Gasteiger partial charge on any atom is 0.163 e. The van der Waals surface area contributed by atoms with Crippen LogP contribution >= 0.6 is 0 Å². The predicted molar refractivity (Wildman–Crippen MR) is 122 cm³/mol. The lowest BCUT2D eigenvalue weighted by molar-refractivity contribution is 0.117. The molecule has 2 aliphatic heterocycles. The Morgan fingerprint density at radius 3 is 2.65 bits per heavy atom. The van der Waals surface area contributed by atoms with Crippen LogP contribution in [0.2, 0.25) is 0 Å². The Balaban J connectivity index is 1.49. The molecule has 31 heavy (non-hydrogen) atoms. The van der Waals surface area contributed by atoms with Crippen LogP contribution in [-0.2, 0) is 14.6 Å². The highest BCUT2D eigenvalue weighted by Gasteiger charge is 2.46. The van der Waals surface area contributed by atoms with E-state index in [1.54, 1.807) is 12.1 Å². The van der Waals surface area contributed by atoms with Crippen LogP contribution in [0, 0.1) is 0 Å². The van der Waals surface area contributed by atoms with Gasteiger partial charge in [0.05, 0.1) is 18.5 Å². The third kappa shape index (κ3) is 4.86. The Morgan fingerprint density at radius 2 is 1.90 bits per heavy atom. The van der Waals surface area contributed by atoms with E-state index < -0.39 is 15.1 Å². The Hall–Kier alpha value is -2.57. The van der Waals surface area contributed by atoms with Gasteiger partial charge in [0.1, 0.15) is 23.4 Å². The van der Waals surface area contributed by atoms with Gasteiger partial charge in [0, 0.05) is 5.56 Å². The van der Waals surface area contributed by atoms with Crippen LogP contribution in [0.1, 0.15) is 31.7 Å². The van der Waals surface area contributed by atoms with Crippen molar-refractivity contribution in [3.8, 4) is 11.5 Å². The molecule has 0 radical (unpaired) electrons. The van der Waals surface area contributed by atoms with Crippen molar-refractivity contribution in [2.24, 2.45) is 0 Å². The molecule has 2 heterocycles. The summed E-state index contributed by atoms with van der Waals surface area (Å²) in [5, 5.41) is 9.50.